The van der Waals surface area contributed by atoms with Gasteiger partial charge in [0, 0.05) is 31.5 Å². The van der Waals surface area contributed by atoms with Crippen LogP contribution >= 0.6 is 0 Å². The van der Waals surface area contributed by atoms with E-state index < -0.39 is 0 Å². The average Bonchev–Trinajstić information content (AvgIpc) is 2.39. The highest BCUT2D eigenvalue weighted by Crippen LogP contribution is 2.14. The monoisotopic (exact) mass is 261 g/mol. The number of pyridine rings is 1. The molecule has 0 amide bonds. The normalized spacial score (nSPS) is 25.8. The van der Waals surface area contributed by atoms with Gasteiger partial charge in [0.25, 0.3) is 0 Å². The SMILES string of the molecule is CCC1CCN(Cc2cnccc2C)CC(C)CN1. The molecule has 1 N–H and O–H groups in total. The molecule has 3 heteroatoms. The summed E-state index contributed by atoms with van der Waals surface area (Å²) in [7, 11) is 0. The molecular weight excluding hydrogens is 234 g/mol. The second-order valence-electron chi connectivity index (χ2n) is 5.94. The molecule has 106 valence electrons. The Kier molecular flexibility index (Phi) is 5.34. The quantitative estimate of drug-likeness (QED) is 0.906. The summed E-state index contributed by atoms with van der Waals surface area (Å²) < 4.78 is 0. The van der Waals surface area contributed by atoms with Crippen LogP contribution in [0, 0.1) is 12.8 Å². The maximum absolute atomic E-state index is 4.26. The third kappa shape index (κ3) is 4.29. The molecule has 2 heterocycles. The second kappa shape index (κ2) is 7.01. The van der Waals surface area contributed by atoms with E-state index in [0.29, 0.717) is 12.0 Å². The fraction of sp³-hybridized carbons (Fsp3) is 0.688. The van der Waals surface area contributed by atoms with Crippen molar-refractivity contribution in [3.05, 3.63) is 29.6 Å². The van der Waals surface area contributed by atoms with Crippen LogP contribution in [-0.2, 0) is 6.54 Å². The minimum atomic E-state index is 0.681. The second-order valence-corrected chi connectivity index (χ2v) is 5.94. The highest BCUT2D eigenvalue weighted by Gasteiger charge is 2.18. The van der Waals surface area contributed by atoms with E-state index in [1.54, 1.807) is 0 Å². The summed E-state index contributed by atoms with van der Waals surface area (Å²) in [5.41, 5.74) is 2.73. The molecule has 1 aliphatic heterocycles. The van der Waals surface area contributed by atoms with Crippen LogP contribution in [0.15, 0.2) is 18.5 Å². The number of aryl methyl sites for hydroxylation is 1. The molecule has 2 atom stereocenters. The number of nitrogens with zero attached hydrogens (tertiary/aromatic N) is 2. The molecule has 1 aromatic rings. The third-order valence-corrected chi connectivity index (χ3v) is 4.15. The van der Waals surface area contributed by atoms with E-state index in [-0.39, 0.29) is 0 Å². The number of aromatic nitrogens is 1. The largest absolute Gasteiger partial charge is 0.314 e. The van der Waals surface area contributed by atoms with Crippen LogP contribution < -0.4 is 5.32 Å². The summed E-state index contributed by atoms with van der Waals surface area (Å²) in [6.45, 7) is 11.3. The number of nitrogens with one attached hydrogen (secondary N) is 1. The molecule has 0 bridgehead atoms. The first-order chi connectivity index (χ1) is 9.19. The lowest BCUT2D eigenvalue weighted by Gasteiger charge is -2.32. The van der Waals surface area contributed by atoms with E-state index in [9.17, 15) is 0 Å². The van der Waals surface area contributed by atoms with Gasteiger partial charge in [-0.1, -0.05) is 13.8 Å². The maximum Gasteiger partial charge on any atom is 0.0315 e. The molecule has 3 nitrogen and oxygen atoms in total. The summed E-state index contributed by atoms with van der Waals surface area (Å²) in [5, 5.41) is 3.68. The first-order valence-electron chi connectivity index (χ1n) is 7.54. The van der Waals surface area contributed by atoms with Gasteiger partial charge >= 0.3 is 0 Å². The van der Waals surface area contributed by atoms with Crippen LogP contribution in [0.3, 0.4) is 0 Å². The van der Waals surface area contributed by atoms with E-state index in [2.05, 4.69) is 42.0 Å². The van der Waals surface area contributed by atoms with Crippen LogP contribution in [0.5, 0.6) is 0 Å². The smallest absolute Gasteiger partial charge is 0.0315 e. The van der Waals surface area contributed by atoms with Crippen molar-refractivity contribution in [2.75, 3.05) is 19.6 Å². The molecule has 0 spiro atoms. The zero-order chi connectivity index (χ0) is 13.7. The van der Waals surface area contributed by atoms with Gasteiger partial charge < -0.3 is 5.32 Å². The molecule has 1 aromatic heterocycles. The highest BCUT2D eigenvalue weighted by molar-refractivity contribution is 5.21. The molecule has 2 rings (SSSR count). The zero-order valence-corrected chi connectivity index (χ0v) is 12.5. The molecule has 0 aliphatic carbocycles. The van der Waals surface area contributed by atoms with Crippen molar-refractivity contribution in [2.24, 2.45) is 5.92 Å². The lowest BCUT2D eigenvalue weighted by molar-refractivity contribution is 0.190. The minimum Gasteiger partial charge on any atom is -0.314 e. The van der Waals surface area contributed by atoms with Gasteiger partial charge in [0.05, 0.1) is 0 Å². The molecule has 0 saturated carbocycles. The summed E-state index contributed by atoms with van der Waals surface area (Å²) in [4.78, 5) is 6.86. The Morgan fingerprint density at radius 3 is 3.05 bits per heavy atom. The van der Waals surface area contributed by atoms with Crippen LogP contribution in [0.4, 0.5) is 0 Å². The lowest BCUT2D eigenvalue weighted by atomic mass is 10.0. The van der Waals surface area contributed by atoms with Crippen LogP contribution in [-0.4, -0.2) is 35.6 Å². The fourth-order valence-corrected chi connectivity index (χ4v) is 2.80. The van der Waals surface area contributed by atoms with Crippen molar-refractivity contribution in [3.63, 3.8) is 0 Å². The van der Waals surface area contributed by atoms with Gasteiger partial charge in [0.15, 0.2) is 0 Å². The zero-order valence-electron chi connectivity index (χ0n) is 12.5. The Balaban J connectivity index is 1.99. The molecule has 0 aromatic carbocycles. The maximum atomic E-state index is 4.26. The summed E-state index contributed by atoms with van der Waals surface area (Å²) >= 11 is 0. The molecular formula is C16H27N3. The Bertz CT molecular complexity index is 391. The van der Waals surface area contributed by atoms with Crippen LogP contribution in [0.25, 0.3) is 0 Å². The van der Waals surface area contributed by atoms with E-state index in [1.807, 2.05) is 12.4 Å². The van der Waals surface area contributed by atoms with E-state index in [4.69, 9.17) is 0 Å². The van der Waals surface area contributed by atoms with Gasteiger partial charge in [-0.15, -0.1) is 0 Å². The first-order valence-corrected chi connectivity index (χ1v) is 7.54. The number of hydrogen-bond donors (Lipinski definition) is 1. The summed E-state index contributed by atoms with van der Waals surface area (Å²) in [5.74, 6) is 0.714. The summed E-state index contributed by atoms with van der Waals surface area (Å²) in [6.07, 6.45) is 6.38. The van der Waals surface area contributed by atoms with Crippen molar-refractivity contribution >= 4 is 0 Å². The first kappa shape index (κ1) is 14.5. The van der Waals surface area contributed by atoms with Crippen molar-refractivity contribution < 1.29 is 0 Å². The number of hydrogen-bond acceptors (Lipinski definition) is 3. The molecule has 1 fully saturated rings. The topological polar surface area (TPSA) is 28.2 Å². The van der Waals surface area contributed by atoms with Crippen molar-refractivity contribution in [1.82, 2.24) is 15.2 Å². The van der Waals surface area contributed by atoms with Gasteiger partial charge in [-0.05, 0) is 56.0 Å². The molecule has 0 radical (unpaired) electrons. The van der Waals surface area contributed by atoms with Crippen molar-refractivity contribution in [2.45, 2.75) is 46.2 Å². The Morgan fingerprint density at radius 1 is 1.47 bits per heavy atom. The Labute approximate surface area is 117 Å². The van der Waals surface area contributed by atoms with Crippen LogP contribution in [0.1, 0.15) is 37.8 Å². The van der Waals surface area contributed by atoms with E-state index in [1.165, 1.54) is 37.1 Å². The van der Waals surface area contributed by atoms with Gasteiger partial charge in [-0.2, -0.15) is 0 Å². The van der Waals surface area contributed by atoms with Crippen LogP contribution in [0.2, 0.25) is 0 Å². The van der Waals surface area contributed by atoms with Gasteiger partial charge in [-0.25, -0.2) is 0 Å². The van der Waals surface area contributed by atoms with E-state index in [0.717, 1.165) is 13.1 Å². The minimum absolute atomic E-state index is 0.681. The van der Waals surface area contributed by atoms with Gasteiger partial charge in [0.1, 0.15) is 0 Å². The molecule has 1 saturated heterocycles. The third-order valence-electron chi connectivity index (χ3n) is 4.15. The Hall–Kier alpha value is -0.930. The summed E-state index contributed by atoms with van der Waals surface area (Å²) in [6, 6.07) is 2.79. The molecule has 1 aliphatic rings. The predicted octanol–water partition coefficient (Wildman–Crippen LogP) is 2.60. The highest BCUT2D eigenvalue weighted by atomic mass is 15.1. The van der Waals surface area contributed by atoms with Gasteiger partial charge in [-0.3, -0.25) is 9.88 Å². The molecule has 19 heavy (non-hydrogen) atoms. The number of rotatable bonds is 3. The molecule has 2 unspecified atom stereocenters. The fourth-order valence-electron chi connectivity index (χ4n) is 2.80. The van der Waals surface area contributed by atoms with Gasteiger partial charge in [0.2, 0.25) is 0 Å². The Morgan fingerprint density at radius 2 is 2.32 bits per heavy atom. The standard InChI is InChI=1S/C16H27N3/c1-4-16-6-8-19(11-13(2)9-18-16)12-15-10-17-7-5-14(15)3/h5,7,10,13,16,18H,4,6,8-9,11-12H2,1-3H3. The predicted molar refractivity (Wildman–Crippen MR) is 80.1 cm³/mol. The van der Waals surface area contributed by atoms with Crippen molar-refractivity contribution in [1.29, 1.82) is 0 Å². The van der Waals surface area contributed by atoms with Crippen molar-refractivity contribution in [3.8, 4) is 0 Å². The average molecular weight is 261 g/mol. The van der Waals surface area contributed by atoms with E-state index >= 15 is 0 Å². The lowest BCUT2D eigenvalue weighted by Crippen LogP contribution is -2.43.